The molecule has 0 aromatic rings. The highest BCUT2D eigenvalue weighted by Crippen LogP contribution is 1.77. The molecule has 16 heavy (non-hydrogen) atoms. The van der Waals surface area contributed by atoms with Crippen LogP contribution in [0.4, 0.5) is 0 Å². The van der Waals surface area contributed by atoms with Crippen molar-refractivity contribution in [3.63, 3.8) is 0 Å². The van der Waals surface area contributed by atoms with Crippen LogP contribution >= 0.6 is 0 Å². The van der Waals surface area contributed by atoms with E-state index in [-0.39, 0.29) is 37.2 Å². The number of rotatable bonds is 6. The van der Waals surface area contributed by atoms with Crippen molar-refractivity contribution in [3.05, 3.63) is 0 Å². The molecule has 0 bridgehead atoms. The van der Waals surface area contributed by atoms with Gasteiger partial charge in [0.1, 0.15) is 0 Å². The van der Waals surface area contributed by atoms with Crippen LogP contribution in [0.2, 0.25) is 0 Å². The van der Waals surface area contributed by atoms with Gasteiger partial charge in [0.15, 0.2) is 0 Å². The van der Waals surface area contributed by atoms with Gasteiger partial charge in [-0.3, -0.25) is 0 Å². The van der Waals surface area contributed by atoms with Crippen molar-refractivity contribution in [3.8, 4) is 0 Å². The minimum Gasteiger partial charge on any atom is -0.854 e. The molecular formula is C12H27AlO3-3. The average Bonchev–Trinajstić information content (AvgIpc) is 2.23. The van der Waals surface area contributed by atoms with Crippen LogP contribution in [0, 0.1) is 0 Å². The molecule has 0 aliphatic rings. The largest absolute Gasteiger partial charge is 0.854 e. The lowest BCUT2D eigenvalue weighted by molar-refractivity contribution is -0.368. The first-order valence-electron chi connectivity index (χ1n) is 5.99. The Morgan fingerprint density at radius 3 is 0.750 bits per heavy atom. The maximum Gasteiger partial charge on any atom is 0 e. The molecule has 0 saturated heterocycles. The first-order chi connectivity index (χ1) is 7.24. The van der Waals surface area contributed by atoms with Gasteiger partial charge in [-0.25, -0.2) is 0 Å². The van der Waals surface area contributed by atoms with Gasteiger partial charge in [0, 0.05) is 17.4 Å². The van der Waals surface area contributed by atoms with Gasteiger partial charge >= 0.3 is 0 Å². The van der Waals surface area contributed by atoms with Crippen LogP contribution in [-0.2, 0) is 0 Å². The minimum absolute atomic E-state index is 0. The summed E-state index contributed by atoms with van der Waals surface area (Å²) < 4.78 is 0. The van der Waals surface area contributed by atoms with Gasteiger partial charge in [0.2, 0.25) is 0 Å². The zero-order valence-electron chi connectivity index (χ0n) is 11.2. The van der Waals surface area contributed by atoms with E-state index in [1.165, 1.54) is 0 Å². The van der Waals surface area contributed by atoms with Gasteiger partial charge < -0.3 is 15.3 Å². The molecule has 4 heteroatoms. The van der Waals surface area contributed by atoms with Crippen LogP contribution in [0.3, 0.4) is 0 Å². The van der Waals surface area contributed by atoms with Crippen LogP contribution in [0.15, 0.2) is 0 Å². The molecule has 0 N–H and O–H groups in total. The molecule has 0 amide bonds. The molecule has 0 fully saturated rings. The Morgan fingerprint density at radius 1 is 0.562 bits per heavy atom. The monoisotopic (exact) mass is 246 g/mol. The van der Waals surface area contributed by atoms with E-state index in [9.17, 15) is 15.3 Å². The summed E-state index contributed by atoms with van der Waals surface area (Å²) in [6.45, 7) is 6.32. The Bertz CT molecular complexity index is 53.0. The molecular weight excluding hydrogens is 219 g/mol. The van der Waals surface area contributed by atoms with Crippen LogP contribution in [0.25, 0.3) is 0 Å². The highest BCUT2D eigenvalue weighted by molar-refractivity contribution is 5.75. The molecule has 0 saturated carbocycles. The van der Waals surface area contributed by atoms with Crippen molar-refractivity contribution in [2.75, 3.05) is 19.8 Å². The predicted molar refractivity (Wildman–Crippen MR) is 65.1 cm³/mol. The SMILES string of the molecule is CCCC[O-].CCCC[O-].CCCC[O-].[Al]. The molecule has 0 heterocycles. The summed E-state index contributed by atoms with van der Waals surface area (Å²) in [5, 5.41) is 28.6. The number of hydrogen-bond acceptors (Lipinski definition) is 3. The van der Waals surface area contributed by atoms with E-state index < -0.39 is 0 Å². The molecule has 0 aromatic carbocycles. The van der Waals surface area contributed by atoms with E-state index in [2.05, 4.69) is 0 Å². The van der Waals surface area contributed by atoms with Crippen LogP contribution in [0.5, 0.6) is 0 Å². The maximum atomic E-state index is 9.53. The van der Waals surface area contributed by atoms with Crippen LogP contribution in [-0.4, -0.2) is 37.2 Å². The summed E-state index contributed by atoms with van der Waals surface area (Å²) in [5.74, 6) is 0. The van der Waals surface area contributed by atoms with Gasteiger partial charge in [-0.15, -0.1) is 19.8 Å². The van der Waals surface area contributed by atoms with E-state index in [4.69, 9.17) is 0 Å². The molecule has 0 spiro atoms. The van der Waals surface area contributed by atoms with Crippen molar-refractivity contribution in [1.82, 2.24) is 0 Å². The highest BCUT2D eigenvalue weighted by atomic mass is 27.0. The lowest BCUT2D eigenvalue weighted by Gasteiger charge is -1.94. The molecule has 3 radical (unpaired) electrons. The number of hydrogen-bond donors (Lipinski definition) is 0. The van der Waals surface area contributed by atoms with Crippen LogP contribution in [0.1, 0.15) is 59.3 Å². The summed E-state index contributed by atoms with van der Waals surface area (Å²) in [6.07, 6.45) is 5.59. The van der Waals surface area contributed by atoms with Gasteiger partial charge in [-0.05, 0) is 0 Å². The standard InChI is InChI=1S/3C4H9O.Al/c3*1-2-3-4-5;/h3*2-4H2,1H3;/q3*-1;. The fraction of sp³-hybridized carbons (Fsp3) is 1.00. The molecule has 0 aromatic heterocycles. The predicted octanol–water partition coefficient (Wildman–Crippen LogP) is 0.0596. The fourth-order valence-corrected chi connectivity index (χ4v) is 0.433. The van der Waals surface area contributed by atoms with Crippen molar-refractivity contribution in [2.24, 2.45) is 0 Å². The van der Waals surface area contributed by atoms with Gasteiger partial charge in [-0.1, -0.05) is 59.3 Å². The zero-order valence-corrected chi connectivity index (χ0v) is 12.3. The second kappa shape index (κ2) is 36.1. The van der Waals surface area contributed by atoms with Crippen molar-refractivity contribution in [1.29, 1.82) is 0 Å². The van der Waals surface area contributed by atoms with Crippen molar-refractivity contribution >= 4 is 17.4 Å². The average molecular weight is 246 g/mol. The molecule has 3 nitrogen and oxygen atoms in total. The van der Waals surface area contributed by atoms with E-state index >= 15 is 0 Å². The van der Waals surface area contributed by atoms with Gasteiger partial charge in [0.05, 0.1) is 0 Å². The molecule has 0 atom stereocenters. The summed E-state index contributed by atoms with van der Waals surface area (Å²) in [5.41, 5.74) is 0. The van der Waals surface area contributed by atoms with Crippen LogP contribution < -0.4 is 15.3 Å². The molecule has 0 aliphatic carbocycles. The third kappa shape index (κ3) is 63.1. The van der Waals surface area contributed by atoms with E-state index in [0.717, 1.165) is 38.5 Å². The Hall–Kier alpha value is 0.412. The Kier molecular flexibility index (Phi) is 57.2. The van der Waals surface area contributed by atoms with E-state index in [1.54, 1.807) is 0 Å². The molecule has 0 rings (SSSR count). The molecule has 0 aliphatic heterocycles. The second-order valence-electron chi connectivity index (χ2n) is 3.17. The summed E-state index contributed by atoms with van der Waals surface area (Å²) >= 11 is 0. The topological polar surface area (TPSA) is 69.2 Å². The summed E-state index contributed by atoms with van der Waals surface area (Å²) in [6, 6.07) is 0. The lowest BCUT2D eigenvalue weighted by atomic mass is 10.4. The Balaban J connectivity index is -0.0000000655. The molecule has 99 valence electrons. The van der Waals surface area contributed by atoms with Crippen molar-refractivity contribution in [2.45, 2.75) is 59.3 Å². The van der Waals surface area contributed by atoms with Gasteiger partial charge in [0.25, 0.3) is 0 Å². The van der Waals surface area contributed by atoms with Crippen molar-refractivity contribution < 1.29 is 15.3 Å². The first-order valence-corrected chi connectivity index (χ1v) is 5.99. The smallest absolute Gasteiger partial charge is 0 e. The maximum absolute atomic E-state index is 9.53. The Labute approximate surface area is 112 Å². The normalized spacial score (nSPS) is 7.88. The first kappa shape index (κ1) is 25.3. The van der Waals surface area contributed by atoms with Gasteiger partial charge in [-0.2, -0.15) is 0 Å². The second-order valence-corrected chi connectivity index (χ2v) is 3.17. The summed E-state index contributed by atoms with van der Waals surface area (Å²) in [7, 11) is 0. The third-order valence-electron chi connectivity index (χ3n) is 1.49. The lowest BCUT2D eigenvalue weighted by Crippen LogP contribution is -2.03. The van der Waals surface area contributed by atoms with E-state index in [1.807, 2.05) is 20.8 Å². The molecule has 0 unspecified atom stereocenters. The van der Waals surface area contributed by atoms with E-state index in [0.29, 0.717) is 0 Å². The Morgan fingerprint density at radius 2 is 0.750 bits per heavy atom. The minimum atomic E-state index is 0. The third-order valence-corrected chi connectivity index (χ3v) is 1.49. The fourth-order valence-electron chi connectivity index (χ4n) is 0.433. The zero-order chi connectivity index (χ0) is 12.4. The quantitative estimate of drug-likeness (QED) is 0.622. The highest BCUT2D eigenvalue weighted by Gasteiger charge is 1.62. The summed E-state index contributed by atoms with van der Waals surface area (Å²) in [4.78, 5) is 0. The number of unbranched alkanes of at least 4 members (excludes halogenated alkanes) is 3.